The maximum atomic E-state index is 10.1. The van der Waals surface area contributed by atoms with Crippen LogP contribution in [0.25, 0.3) is 0 Å². The molecule has 0 aliphatic heterocycles. The van der Waals surface area contributed by atoms with Gasteiger partial charge in [-0.1, -0.05) is 11.6 Å². The van der Waals surface area contributed by atoms with Crippen molar-refractivity contribution >= 4 is 22.9 Å². The van der Waals surface area contributed by atoms with Crippen molar-refractivity contribution in [3.05, 3.63) is 39.6 Å². The zero-order valence-electron chi connectivity index (χ0n) is 8.42. The highest BCUT2D eigenvalue weighted by molar-refractivity contribution is 7.15. The highest BCUT2D eigenvalue weighted by Crippen LogP contribution is 2.31. The lowest BCUT2D eigenvalue weighted by atomic mass is 10.2. The third kappa shape index (κ3) is 2.16. The number of thiazole rings is 1. The highest BCUT2D eigenvalue weighted by atomic mass is 35.5. The van der Waals surface area contributed by atoms with Gasteiger partial charge in [0.15, 0.2) is 6.10 Å². The summed E-state index contributed by atoms with van der Waals surface area (Å²) in [6.07, 6.45) is 2.19. The van der Waals surface area contributed by atoms with Crippen LogP contribution < -0.4 is 4.74 Å². The van der Waals surface area contributed by atoms with Gasteiger partial charge < -0.3 is 9.84 Å². The summed E-state index contributed by atoms with van der Waals surface area (Å²) in [6, 6.07) is 3.48. The number of ether oxygens (including phenoxy) is 1. The molecule has 0 aromatic carbocycles. The lowest BCUT2D eigenvalue weighted by Crippen LogP contribution is -2.04. The number of aliphatic hydroxyl groups excluding tert-OH is 1. The maximum Gasteiger partial charge on any atom is 0.151 e. The molecule has 0 bridgehead atoms. The molecule has 0 saturated heterocycles. The number of aliphatic hydroxyl groups is 1. The van der Waals surface area contributed by atoms with Gasteiger partial charge in [-0.3, -0.25) is 4.98 Å². The van der Waals surface area contributed by atoms with Crippen molar-refractivity contribution < 1.29 is 9.84 Å². The molecule has 0 aliphatic carbocycles. The van der Waals surface area contributed by atoms with Crippen LogP contribution in [0, 0.1) is 0 Å². The summed E-state index contributed by atoms with van der Waals surface area (Å²) in [4.78, 5) is 8.09. The van der Waals surface area contributed by atoms with E-state index < -0.39 is 6.10 Å². The summed E-state index contributed by atoms with van der Waals surface area (Å²) in [5.41, 5.74) is 0.441. The minimum atomic E-state index is -0.909. The average molecular weight is 257 g/mol. The van der Waals surface area contributed by atoms with Gasteiger partial charge in [0.1, 0.15) is 20.8 Å². The molecule has 84 valence electrons. The van der Waals surface area contributed by atoms with Crippen LogP contribution in [0.5, 0.6) is 5.75 Å². The second kappa shape index (κ2) is 4.78. The number of methoxy groups -OCH3 is 1. The Morgan fingerprint density at radius 2 is 2.31 bits per heavy atom. The molecular weight excluding hydrogens is 248 g/mol. The van der Waals surface area contributed by atoms with Crippen LogP contribution in [-0.4, -0.2) is 22.2 Å². The van der Waals surface area contributed by atoms with Crippen molar-refractivity contribution in [3.63, 3.8) is 0 Å². The molecular formula is C10H9ClN2O2S. The Kier molecular flexibility index (Phi) is 3.38. The van der Waals surface area contributed by atoms with Crippen LogP contribution in [0.1, 0.15) is 16.8 Å². The topological polar surface area (TPSA) is 55.2 Å². The van der Waals surface area contributed by atoms with Gasteiger partial charge in [-0.2, -0.15) is 0 Å². The highest BCUT2D eigenvalue weighted by Gasteiger charge is 2.19. The predicted octanol–water partition coefficient (Wildman–Crippen LogP) is 2.28. The number of rotatable bonds is 3. The first kappa shape index (κ1) is 11.3. The first-order valence-corrected chi connectivity index (χ1v) is 5.70. The Bertz CT molecular complexity index is 489. The Labute approximate surface area is 102 Å². The van der Waals surface area contributed by atoms with Crippen molar-refractivity contribution in [1.29, 1.82) is 0 Å². The molecule has 4 nitrogen and oxygen atoms in total. The van der Waals surface area contributed by atoms with E-state index in [-0.39, 0.29) is 0 Å². The number of aromatic nitrogens is 2. The van der Waals surface area contributed by atoms with E-state index in [2.05, 4.69) is 9.97 Å². The minimum Gasteiger partial charge on any atom is -0.495 e. The third-order valence-corrected chi connectivity index (χ3v) is 3.18. The zero-order valence-corrected chi connectivity index (χ0v) is 10.00. The summed E-state index contributed by atoms with van der Waals surface area (Å²) in [7, 11) is 1.53. The van der Waals surface area contributed by atoms with Crippen molar-refractivity contribution in [2.45, 2.75) is 6.10 Å². The van der Waals surface area contributed by atoms with Crippen LogP contribution in [-0.2, 0) is 0 Å². The normalized spacial score (nSPS) is 12.4. The minimum absolute atomic E-state index is 0.441. The molecule has 2 aromatic rings. The molecule has 2 aromatic heterocycles. The van der Waals surface area contributed by atoms with E-state index in [9.17, 15) is 5.11 Å². The monoisotopic (exact) mass is 256 g/mol. The second-order valence-corrected chi connectivity index (χ2v) is 4.69. The summed E-state index contributed by atoms with van der Waals surface area (Å²) in [5.74, 6) is 0.529. The van der Waals surface area contributed by atoms with E-state index in [1.54, 1.807) is 18.3 Å². The van der Waals surface area contributed by atoms with Gasteiger partial charge in [-0.05, 0) is 12.1 Å². The summed E-state index contributed by atoms with van der Waals surface area (Å²) < 4.78 is 5.65. The first-order chi connectivity index (χ1) is 7.72. The number of hydrogen-bond acceptors (Lipinski definition) is 5. The number of halogens is 1. The summed E-state index contributed by atoms with van der Waals surface area (Å²) in [5, 5.41) is 10.6. The van der Waals surface area contributed by atoms with E-state index in [0.717, 1.165) is 0 Å². The lowest BCUT2D eigenvalue weighted by Gasteiger charge is -2.10. The molecule has 1 unspecified atom stereocenters. The van der Waals surface area contributed by atoms with Gasteiger partial charge in [0.2, 0.25) is 0 Å². The molecule has 0 saturated carbocycles. The molecule has 0 aliphatic rings. The zero-order chi connectivity index (χ0) is 11.5. The second-order valence-electron chi connectivity index (χ2n) is 3.00. The molecule has 0 amide bonds. The molecule has 0 spiro atoms. The van der Waals surface area contributed by atoms with Gasteiger partial charge in [-0.25, -0.2) is 4.98 Å². The summed E-state index contributed by atoms with van der Waals surface area (Å²) >= 11 is 6.98. The van der Waals surface area contributed by atoms with Gasteiger partial charge in [-0.15, -0.1) is 11.3 Å². The lowest BCUT2D eigenvalue weighted by molar-refractivity contribution is 0.209. The number of pyridine rings is 1. The van der Waals surface area contributed by atoms with Crippen LogP contribution in [0.4, 0.5) is 0 Å². The maximum absolute atomic E-state index is 10.1. The molecule has 0 fully saturated rings. The molecule has 0 radical (unpaired) electrons. The fourth-order valence-electron chi connectivity index (χ4n) is 1.29. The van der Waals surface area contributed by atoms with Gasteiger partial charge in [0.05, 0.1) is 13.3 Å². The van der Waals surface area contributed by atoms with Crippen LogP contribution in [0.2, 0.25) is 4.34 Å². The SMILES string of the molecule is COc1cccnc1C(O)c1ncc(Cl)s1. The third-order valence-electron chi connectivity index (χ3n) is 2.01. The van der Waals surface area contributed by atoms with Crippen LogP contribution in [0.15, 0.2) is 24.5 Å². The molecule has 2 heterocycles. The van der Waals surface area contributed by atoms with Crippen molar-refractivity contribution in [2.75, 3.05) is 7.11 Å². The quantitative estimate of drug-likeness (QED) is 0.915. The van der Waals surface area contributed by atoms with Crippen molar-refractivity contribution in [1.82, 2.24) is 9.97 Å². The molecule has 1 atom stereocenters. The van der Waals surface area contributed by atoms with E-state index in [0.29, 0.717) is 20.8 Å². The molecule has 2 rings (SSSR count). The van der Waals surface area contributed by atoms with Crippen LogP contribution >= 0.6 is 22.9 Å². The molecule has 6 heteroatoms. The fourth-order valence-corrected chi connectivity index (χ4v) is 2.21. The predicted molar refractivity (Wildman–Crippen MR) is 62.0 cm³/mol. The first-order valence-electron chi connectivity index (χ1n) is 4.50. The van der Waals surface area contributed by atoms with E-state index in [1.807, 2.05) is 0 Å². The van der Waals surface area contributed by atoms with E-state index >= 15 is 0 Å². The Morgan fingerprint density at radius 1 is 1.50 bits per heavy atom. The molecule has 1 N–H and O–H groups in total. The number of nitrogens with zero attached hydrogens (tertiary/aromatic N) is 2. The van der Waals surface area contributed by atoms with Crippen molar-refractivity contribution in [2.24, 2.45) is 0 Å². The van der Waals surface area contributed by atoms with Gasteiger partial charge in [0.25, 0.3) is 0 Å². The Hall–Kier alpha value is -1.17. The van der Waals surface area contributed by atoms with E-state index in [4.69, 9.17) is 16.3 Å². The largest absolute Gasteiger partial charge is 0.495 e. The number of hydrogen-bond donors (Lipinski definition) is 1. The van der Waals surface area contributed by atoms with Gasteiger partial charge in [0, 0.05) is 6.20 Å². The smallest absolute Gasteiger partial charge is 0.151 e. The Morgan fingerprint density at radius 3 is 2.94 bits per heavy atom. The summed E-state index contributed by atoms with van der Waals surface area (Å²) in [6.45, 7) is 0. The van der Waals surface area contributed by atoms with Crippen LogP contribution in [0.3, 0.4) is 0 Å². The molecule has 16 heavy (non-hydrogen) atoms. The van der Waals surface area contributed by atoms with Crippen molar-refractivity contribution in [3.8, 4) is 5.75 Å². The van der Waals surface area contributed by atoms with E-state index in [1.165, 1.54) is 24.6 Å². The Balaban J connectivity index is 2.36. The van der Waals surface area contributed by atoms with Gasteiger partial charge >= 0.3 is 0 Å². The fraction of sp³-hybridized carbons (Fsp3) is 0.200. The average Bonchev–Trinajstić information content (AvgIpc) is 2.75. The standard InChI is InChI=1S/C10H9ClN2O2S/c1-15-6-3-2-4-12-8(6)9(14)10-13-5-7(11)16-10/h2-5,9,14H,1H3.